The highest BCUT2D eigenvalue weighted by Crippen LogP contribution is 2.35. The molecule has 1 aliphatic rings. The van der Waals surface area contributed by atoms with E-state index in [1.807, 2.05) is 11.8 Å². The zero-order chi connectivity index (χ0) is 14.4. The van der Waals surface area contributed by atoms with Gasteiger partial charge in [0.25, 0.3) is 0 Å². The molecule has 0 radical (unpaired) electrons. The molecule has 1 aliphatic carbocycles. The monoisotopic (exact) mass is 356 g/mol. The van der Waals surface area contributed by atoms with Gasteiger partial charge < -0.3 is 0 Å². The van der Waals surface area contributed by atoms with Gasteiger partial charge in [0.05, 0.1) is 0 Å². The largest absolute Gasteiger partial charge is 0.271 e. The number of rotatable bonds is 6. The number of benzene rings is 1. The van der Waals surface area contributed by atoms with Crippen LogP contribution in [0.1, 0.15) is 39.0 Å². The van der Waals surface area contributed by atoms with Crippen LogP contribution in [0.5, 0.6) is 0 Å². The quantitative estimate of drug-likeness (QED) is 0.444. The molecule has 0 saturated heterocycles. The lowest BCUT2D eigenvalue weighted by Gasteiger charge is -2.33. The fourth-order valence-corrected chi connectivity index (χ4v) is 4.80. The van der Waals surface area contributed by atoms with E-state index in [-0.39, 0.29) is 0 Å². The van der Waals surface area contributed by atoms with Gasteiger partial charge in [-0.25, -0.2) is 0 Å². The maximum atomic E-state index is 5.80. The predicted octanol–water partition coefficient (Wildman–Crippen LogP) is 4.59. The van der Waals surface area contributed by atoms with E-state index in [2.05, 4.69) is 52.5 Å². The van der Waals surface area contributed by atoms with Crippen LogP contribution in [-0.4, -0.2) is 11.8 Å². The zero-order valence-corrected chi connectivity index (χ0v) is 14.6. The summed E-state index contributed by atoms with van der Waals surface area (Å²) in [4.78, 5) is 1.30. The van der Waals surface area contributed by atoms with E-state index >= 15 is 0 Å². The lowest BCUT2D eigenvalue weighted by Crippen LogP contribution is -2.44. The summed E-state index contributed by atoms with van der Waals surface area (Å²) >= 11 is 5.50. The molecule has 2 nitrogen and oxygen atoms in total. The molecule has 3 N–H and O–H groups in total. The first-order chi connectivity index (χ1) is 9.74. The summed E-state index contributed by atoms with van der Waals surface area (Å²) < 4.78 is 1.18. The van der Waals surface area contributed by atoms with Gasteiger partial charge in [0.15, 0.2) is 0 Å². The second-order valence-electron chi connectivity index (χ2n) is 5.70. The normalized spacial score (nSPS) is 24.6. The van der Waals surface area contributed by atoms with Crippen molar-refractivity contribution in [3.05, 3.63) is 28.7 Å². The van der Waals surface area contributed by atoms with Crippen LogP contribution in [0, 0.1) is 11.8 Å². The van der Waals surface area contributed by atoms with Crippen LogP contribution in [0.15, 0.2) is 33.6 Å². The topological polar surface area (TPSA) is 38.0 Å². The molecule has 0 spiro atoms. The van der Waals surface area contributed by atoms with Crippen LogP contribution in [0.2, 0.25) is 0 Å². The highest BCUT2D eigenvalue weighted by molar-refractivity contribution is 9.10. The molecule has 2 rings (SSSR count). The Kier molecular flexibility index (Phi) is 6.88. The van der Waals surface area contributed by atoms with Crippen molar-refractivity contribution in [1.82, 2.24) is 5.43 Å². The first kappa shape index (κ1) is 16.3. The summed E-state index contributed by atoms with van der Waals surface area (Å²) in [5, 5.41) is 0. The molecule has 20 heavy (non-hydrogen) atoms. The highest BCUT2D eigenvalue weighted by atomic mass is 79.9. The molecular weight excluding hydrogens is 332 g/mol. The number of halogens is 1. The van der Waals surface area contributed by atoms with E-state index in [1.165, 1.54) is 41.5 Å². The van der Waals surface area contributed by atoms with Crippen molar-refractivity contribution in [2.45, 2.75) is 50.0 Å². The standard InChI is InChI=1S/C16H25BrN2S/c1-2-12-7-9-13(10-8-12)15(19-18)11-20-16-6-4-3-5-14(16)17/h3-6,12-13,15,19H,2,7-11,18H2,1H3. The van der Waals surface area contributed by atoms with Crippen molar-refractivity contribution in [2.24, 2.45) is 17.7 Å². The number of hydrazine groups is 1. The Morgan fingerprint density at radius 2 is 2.00 bits per heavy atom. The number of hydrogen-bond acceptors (Lipinski definition) is 3. The van der Waals surface area contributed by atoms with Crippen molar-refractivity contribution in [2.75, 3.05) is 5.75 Å². The Morgan fingerprint density at radius 3 is 2.60 bits per heavy atom. The summed E-state index contributed by atoms with van der Waals surface area (Å²) in [5.74, 6) is 8.52. The van der Waals surface area contributed by atoms with Crippen LogP contribution in [0.25, 0.3) is 0 Å². The minimum Gasteiger partial charge on any atom is -0.271 e. The van der Waals surface area contributed by atoms with E-state index in [0.29, 0.717) is 6.04 Å². The number of nitrogens with one attached hydrogen (secondary N) is 1. The third kappa shape index (κ3) is 4.48. The van der Waals surface area contributed by atoms with Gasteiger partial charge in [0.2, 0.25) is 0 Å². The Morgan fingerprint density at radius 1 is 1.30 bits per heavy atom. The van der Waals surface area contributed by atoms with Crippen molar-refractivity contribution in [1.29, 1.82) is 0 Å². The summed E-state index contributed by atoms with van der Waals surface area (Å²) in [6.07, 6.45) is 6.73. The molecule has 0 bridgehead atoms. The van der Waals surface area contributed by atoms with Gasteiger partial charge in [-0.1, -0.05) is 38.3 Å². The molecule has 1 aromatic carbocycles. The van der Waals surface area contributed by atoms with Gasteiger partial charge in [-0.05, 0) is 52.7 Å². The maximum absolute atomic E-state index is 5.80. The molecule has 0 aliphatic heterocycles. The van der Waals surface area contributed by atoms with E-state index in [1.54, 1.807) is 0 Å². The first-order valence-corrected chi connectivity index (χ1v) is 9.36. The van der Waals surface area contributed by atoms with E-state index < -0.39 is 0 Å². The lowest BCUT2D eigenvalue weighted by molar-refractivity contribution is 0.228. The van der Waals surface area contributed by atoms with E-state index in [4.69, 9.17) is 5.84 Å². The van der Waals surface area contributed by atoms with Crippen molar-refractivity contribution >= 4 is 27.7 Å². The number of thioether (sulfide) groups is 1. The van der Waals surface area contributed by atoms with Crippen LogP contribution in [-0.2, 0) is 0 Å². The predicted molar refractivity (Wildman–Crippen MR) is 91.7 cm³/mol. The lowest BCUT2D eigenvalue weighted by atomic mass is 9.78. The van der Waals surface area contributed by atoms with Gasteiger partial charge in [0.1, 0.15) is 0 Å². The second-order valence-corrected chi connectivity index (χ2v) is 7.62. The molecule has 1 saturated carbocycles. The van der Waals surface area contributed by atoms with Crippen LogP contribution >= 0.6 is 27.7 Å². The average Bonchev–Trinajstić information content (AvgIpc) is 2.50. The summed E-state index contributed by atoms with van der Waals surface area (Å²) in [7, 11) is 0. The highest BCUT2D eigenvalue weighted by Gasteiger charge is 2.26. The molecule has 1 aromatic rings. The van der Waals surface area contributed by atoms with Crippen LogP contribution in [0.3, 0.4) is 0 Å². The molecule has 0 heterocycles. The average molecular weight is 357 g/mol. The summed E-state index contributed by atoms with van der Waals surface area (Å²) in [5.41, 5.74) is 3.06. The maximum Gasteiger partial charge on any atom is 0.0332 e. The minimum atomic E-state index is 0.421. The summed E-state index contributed by atoms with van der Waals surface area (Å²) in [6.45, 7) is 2.31. The summed E-state index contributed by atoms with van der Waals surface area (Å²) in [6, 6.07) is 8.82. The third-order valence-corrected chi connectivity index (χ3v) is 6.65. The van der Waals surface area contributed by atoms with Gasteiger partial charge in [0, 0.05) is 21.2 Å². The molecule has 0 aromatic heterocycles. The molecule has 1 atom stereocenters. The molecule has 4 heteroatoms. The second kappa shape index (κ2) is 8.42. The van der Waals surface area contributed by atoms with E-state index in [0.717, 1.165) is 17.6 Å². The van der Waals surface area contributed by atoms with E-state index in [9.17, 15) is 0 Å². The van der Waals surface area contributed by atoms with Crippen molar-refractivity contribution in [3.63, 3.8) is 0 Å². The van der Waals surface area contributed by atoms with Crippen molar-refractivity contribution < 1.29 is 0 Å². The first-order valence-electron chi connectivity index (χ1n) is 7.58. The Balaban J connectivity index is 1.85. The molecular formula is C16H25BrN2S. The third-order valence-electron chi connectivity index (χ3n) is 4.51. The zero-order valence-electron chi connectivity index (χ0n) is 12.1. The van der Waals surface area contributed by atoms with Crippen molar-refractivity contribution in [3.8, 4) is 0 Å². The van der Waals surface area contributed by atoms with Gasteiger partial charge in [-0.15, -0.1) is 11.8 Å². The van der Waals surface area contributed by atoms with Crippen LogP contribution in [0.4, 0.5) is 0 Å². The van der Waals surface area contributed by atoms with Gasteiger partial charge in [-0.3, -0.25) is 11.3 Å². The molecule has 112 valence electrons. The van der Waals surface area contributed by atoms with Gasteiger partial charge >= 0.3 is 0 Å². The van der Waals surface area contributed by atoms with Crippen LogP contribution < -0.4 is 11.3 Å². The van der Waals surface area contributed by atoms with Gasteiger partial charge in [-0.2, -0.15) is 0 Å². The fraction of sp³-hybridized carbons (Fsp3) is 0.625. The number of hydrogen-bond donors (Lipinski definition) is 2. The smallest absolute Gasteiger partial charge is 0.0332 e. The Bertz CT molecular complexity index is 405. The SMILES string of the molecule is CCC1CCC(C(CSc2ccccc2Br)NN)CC1. The fourth-order valence-electron chi connectivity index (χ4n) is 3.06. The Labute approximate surface area is 135 Å². The molecule has 1 unspecified atom stereocenters. The minimum absolute atomic E-state index is 0.421. The number of nitrogens with two attached hydrogens (primary N) is 1. The molecule has 0 amide bonds. The Hall–Kier alpha value is -0.0300. The molecule has 1 fully saturated rings.